The van der Waals surface area contributed by atoms with Crippen molar-refractivity contribution in [2.75, 3.05) is 39.0 Å². The first-order chi connectivity index (χ1) is 10.2. The second-order valence-corrected chi connectivity index (χ2v) is 5.55. The molecule has 1 aliphatic heterocycles. The number of anilines is 1. The number of rotatable bonds is 1. The summed E-state index contributed by atoms with van der Waals surface area (Å²) in [5, 5.41) is 1.72. The van der Waals surface area contributed by atoms with E-state index in [9.17, 15) is 4.79 Å². The van der Waals surface area contributed by atoms with Crippen LogP contribution in [0.15, 0.2) is 30.5 Å². The molecule has 0 unspecified atom stereocenters. The molecule has 21 heavy (non-hydrogen) atoms. The number of nitrogen functional groups attached to an aromatic ring is 1. The Bertz CT molecular complexity index is 670. The molecular weight excluding hydrogens is 264 g/mol. The van der Waals surface area contributed by atoms with E-state index in [4.69, 9.17) is 5.73 Å². The second-order valence-electron chi connectivity index (χ2n) is 5.55. The second kappa shape index (κ2) is 5.69. The van der Waals surface area contributed by atoms with Crippen molar-refractivity contribution in [2.45, 2.75) is 6.42 Å². The Morgan fingerprint density at radius 3 is 2.71 bits per heavy atom. The first-order valence-corrected chi connectivity index (χ1v) is 7.28. The number of aromatic nitrogens is 1. The zero-order chi connectivity index (χ0) is 14.8. The van der Waals surface area contributed by atoms with Gasteiger partial charge in [-0.05, 0) is 25.4 Å². The molecule has 1 fully saturated rings. The van der Waals surface area contributed by atoms with Crippen LogP contribution < -0.4 is 5.73 Å². The van der Waals surface area contributed by atoms with Gasteiger partial charge in [0.25, 0.3) is 5.91 Å². The molecule has 1 saturated heterocycles. The molecule has 1 aliphatic rings. The fourth-order valence-electron chi connectivity index (χ4n) is 2.80. The number of pyridine rings is 1. The quantitative estimate of drug-likeness (QED) is 0.864. The molecule has 0 bridgehead atoms. The van der Waals surface area contributed by atoms with Crippen LogP contribution in [0.25, 0.3) is 10.8 Å². The van der Waals surface area contributed by atoms with E-state index in [2.05, 4.69) is 16.9 Å². The molecule has 5 nitrogen and oxygen atoms in total. The molecule has 0 aliphatic carbocycles. The van der Waals surface area contributed by atoms with Crippen LogP contribution in [0.4, 0.5) is 5.82 Å². The highest BCUT2D eigenvalue weighted by atomic mass is 16.2. The van der Waals surface area contributed by atoms with Gasteiger partial charge in [0, 0.05) is 31.2 Å². The molecule has 0 atom stereocenters. The van der Waals surface area contributed by atoms with Crippen LogP contribution in [-0.2, 0) is 0 Å². The first kappa shape index (κ1) is 13.8. The van der Waals surface area contributed by atoms with E-state index >= 15 is 0 Å². The van der Waals surface area contributed by atoms with Gasteiger partial charge >= 0.3 is 0 Å². The summed E-state index contributed by atoms with van der Waals surface area (Å²) >= 11 is 0. The average Bonchev–Trinajstić information content (AvgIpc) is 2.72. The Labute approximate surface area is 124 Å². The highest BCUT2D eigenvalue weighted by Gasteiger charge is 2.21. The van der Waals surface area contributed by atoms with Crippen LogP contribution in [-0.4, -0.2) is 53.9 Å². The molecule has 1 amide bonds. The van der Waals surface area contributed by atoms with Crippen molar-refractivity contribution >= 4 is 22.5 Å². The highest BCUT2D eigenvalue weighted by Crippen LogP contribution is 2.23. The van der Waals surface area contributed by atoms with Crippen molar-refractivity contribution in [1.82, 2.24) is 14.8 Å². The van der Waals surface area contributed by atoms with E-state index in [0.717, 1.165) is 43.4 Å². The number of likely N-dealkylation sites (N-methyl/N-ethyl adjacent to an activating group) is 1. The van der Waals surface area contributed by atoms with Gasteiger partial charge in [-0.3, -0.25) is 4.79 Å². The van der Waals surface area contributed by atoms with E-state index in [1.54, 1.807) is 6.20 Å². The third kappa shape index (κ3) is 2.69. The molecule has 0 saturated carbocycles. The van der Waals surface area contributed by atoms with Crippen molar-refractivity contribution < 1.29 is 4.79 Å². The van der Waals surface area contributed by atoms with Crippen LogP contribution in [0, 0.1) is 0 Å². The average molecular weight is 284 g/mol. The number of hydrogen-bond acceptors (Lipinski definition) is 4. The molecule has 110 valence electrons. The molecule has 2 heterocycles. The Hall–Kier alpha value is -2.14. The molecule has 1 aromatic heterocycles. The minimum atomic E-state index is 0.0500. The van der Waals surface area contributed by atoms with E-state index in [1.165, 1.54) is 0 Å². The number of carbonyl (C=O) groups is 1. The fraction of sp³-hybridized carbons (Fsp3) is 0.375. The van der Waals surface area contributed by atoms with E-state index < -0.39 is 0 Å². The summed E-state index contributed by atoms with van der Waals surface area (Å²) in [6.45, 7) is 3.49. The van der Waals surface area contributed by atoms with Crippen LogP contribution in [0.3, 0.4) is 0 Å². The molecule has 3 rings (SSSR count). The van der Waals surface area contributed by atoms with Gasteiger partial charge in [0.2, 0.25) is 0 Å². The Morgan fingerprint density at radius 2 is 1.90 bits per heavy atom. The number of nitrogens with zero attached hydrogens (tertiary/aromatic N) is 3. The summed E-state index contributed by atoms with van der Waals surface area (Å²) in [6.07, 6.45) is 2.61. The van der Waals surface area contributed by atoms with E-state index in [0.29, 0.717) is 11.4 Å². The highest BCUT2D eigenvalue weighted by molar-refractivity contribution is 6.08. The van der Waals surface area contributed by atoms with Gasteiger partial charge in [-0.25, -0.2) is 4.98 Å². The summed E-state index contributed by atoms with van der Waals surface area (Å²) in [6, 6.07) is 7.68. The molecule has 0 radical (unpaired) electrons. The number of amides is 1. The third-order valence-electron chi connectivity index (χ3n) is 4.06. The van der Waals surface area contributed by atoms with Gasteiger partial charge in [-0.2, -0.15) is 0 Å². The van der Waals surface area contributed by atoms with Crippen molar-refractivity contribution in [2.24, 2.45) is 0 Å². The molecule has 1 aromatic carbocycles. The van der Waals surface area contributed by atoms with Crippen LogP contribution >= 0.6 is 0 Å². The summed E-state index contributed by atoms with van der Waals surface area (Å²) in [7, 11) is 2.09. The third-order valence-corrected chi connectivity index (χ3v) is 4.06. The van der Waals surface area contributed by atoms with Crippen LogP contribution in [0.1, 0.15) is 16.8 Å². The summed E-state index contributed by atoms with van der Waals surface area (Å²) < 4.78 is 0. The monoisotopic (exact) mass is 284 g/mol. The van der Waals surface area contributed by atoms with E-state index in [-0.39, 0.29) is 5.91 Å². The van der Waals surface area contributed by atoms with Crippen molar-refractivity contribution in [1.29, 1.82) is 0 Å². The smallest absolute Gasteiger partial charge is 0.256 e. The molecule has 2 N–H and O–H groups in total. The number of hydrogen-bond donors (Lipinski definition) is 1. The van der Waals surface area contributed by atoms with Gasteiger partial charge in [0.15, 0.2) is 0 Å². The molecule has 0 spiro atoms. The molecular formula is C16H20N4O. The zero-order valence-corrected chi connectivity index (χ0v) is 12.2. The van der Waals surface area contributed by atoms with Crippen LogP contribution in [0.5, 0.6) is 0 Å². The number of benzene rings is 1. The molecule has 5 heteroatoms. The van der Waals surface area contributed by atoms with Gasteiger partial charge in [0.05, 0.1) is 5.56 Å². The molecule has 2 aromatic rings. The standard InChI is InChI=1S/C16H20N4O/c1-19-7-4-8-20(10-9-19)16(21)14-11-18-15(17)13-6-3-2-5-12(13)14/h2-3,5-6,11H,4,7-10H2,1H3,(H2,17,18). The SMILES string of the molecule is CN1CCCN(C(=O)c2cnc(N)c3ccccc23)CC1. The van der Waals surface area contributed by atoms with Gasteiger partial charge < -0.3 is 15.5 Å². The van der Waals surface area contributed by atoms with Crippen molar-refractivity contribution in [3.05, 3.63) is 36.0 Å². The van der Waals surface area contributed by atoms with Gasteiger partial charge in [-0.15, -0.1) is 0 Å². The van der Waals surface area contributed by atoms with E-state index in [1.807, 2.05) is 29.2 Å². The lowest BCUT2D eigenvalue weighted by molar-refractivity contribution is 0.0764. The summed E-state index contributed by atoms with van der Waals surface area (Å²) in [5.74, 6) is 0.520. The lowest BCUT2D eigenvalue weighted by Gasteiger charge is -2.21. The van der Waals surface area contributed by atoms with Crippen molar-refractivity contribution in [3.63, 3.8) is 0 Å². The summed E-state index contributed by atoms with van der Waals surface area (Å²) in [4.78, 5) is 21.2. The Kier molecular flexibility index (Phi) is 3.75. The van der Waals surface area contributed by atoms with Gasteiger partial charge in [-0.1, -0.05) is 24.3 Å². The Morgan fingerprint density at radius 1 is 1.14 bits per heavy atom. The minimum Gasteiger partial charge on any atom is -0.383 e. The number of nitrogens with two attached hydrogens (primary N) is 1. The maximum Gasteiger partial charge on any atom is 0.256 e. The minimum absolute atomic E-state index is 0.0500. The lowest BCUT2D eigenvalue weighted by Crippen LogP contribution is -2.34. The normalized spacial score (nSPS) is 16.9. The fourth-order valence-corrected chi connectivity index (χ4v) is 2.80. The maximum absolute atomic E-state index is 12.8. The van der Waals surface area contributed by atoms with Gasteiger partial charge in [0.1, 0.15) is 5.82 Å². The predicted molar refractivity (Wildman–Crippen MR) is 84.2 cm³/mol. The number of fused-ring (bicyclic) bond motifs is 1. The largest absolute Gasteiger partial charge is 0.383 e. The predicted octanol–water partition coefficient (Wildman–Crippen LogP) is 1.59. The Balaban J connectivity index is 1.96. The van der Waals surface area contributed by atoms with Crippen molar-refractivity contribution in [3.8, 4) is 0 Å². The first-order valence-electron chi connectivity index (χ1n) is 7.28. The summed E-state index contributed by atoms with van der Waals surface area (Å²) in [5.41, 5.74) is 6.55. The maximum atomic E-state index is 12.8. The van der Waals surface area contributed by atoms with Crippen LogP contribution in [0.2, 0.25) is 0 Å². The number of carbonyl (C=O) groups excluding carboxylic acids is 1. The zero-order valence-electron chi connectivity index (χ0n) is 12.2. The topological polar surface area (TPSA) is 62.5 Å². The lowest BCUT2D eigenvalue weighted by atomic mass is 10.1.